The summed E-state index contributed by atoms with van der Waals surface area (Å²) in [5.41, 5.74) is 2.91. The van der Waals surface area contributed by atoms with E-state index in [0.29, 0.717) is 0 Å². The molecule has 1 heterocycles. The third-order valence-corrected chi connectivity index (χ3v) is 5.13. The Bertz CT molecular complexity index is 856. The number of nitrogens with zero attached hydrogens (tertiary/aromatic N) is 3. The van der Waals surface area contributed by atoms with Crippen LogP contribution in [0.4, 0.5) is 0 Å². The molecule has 0 aliphatic heterocycles. The van der Waals surface area contributed by atoms with E-state index in [-0.39, 0.29) is 11.0 Å². The standard InChI is InChI=1S/C20H21N3OS/c1-4-23-19(17-8-6-5-7-9-17)21-22-20(23)25-15(3)18(24)16-12-10-14(2)11-13-16/h5-13,15H,4H2,1-3H3. The lowest BCUT2D eigenvalue weighted by molar-refractivity contribution is 0.0994. The Morgan fingerprint density at radius 3 is 2.40 bits per heavy atom. The predicted molar refractivity (Wildman–Crippen MR) is 102 cm³/mol. The first-order valence-electron chi connectivity index (χ1n) is 8.36. The number of thioether (sulfide) groups is 1. The van der Waals surface area contributed by atoms with E-state index in [1.54, 1.807) is 0 Å². The summed E-state index contributed by atoms with van der Waals surface area (Å²) in [6.07, 6.45) is 0. The third-order valence-electron chi connectivity index (χ3n) is 4.05. The molecule has 2 aromatic carbocycles. The van der Waals surface area contributed by atoms with Gasteiger partial charge in [-0.3, -0.25) is 4.79 Å². The first-order chi connectivity index (χ1) is 12.1. The first kappa shape index (κ1) is 17.4. The van der Waals surface area contributed by atoms with E-state index in [2.05, 4.69) is 21.7 Å². The van der Waals surface area contributed by atoms with Gasteiger partial charge in [-0.2, -0.15) is 0 Å². The molecule has 3 rings (SSSR count). The van der Waals surface area contributed by atoms with Gasteiger partial charge in [0, 0.05) is 17.7 Å². The molecule has 1 atom stereocenters. The van der Waals surface area contributed by atoms with Gasteiger partial charge in [0.1, 0.15) is 0 Å². The number of Topliss-reactive ketones (excluding diaryl/α,β-unsaturated/α-hetero) is 1. The molecule has 4 nitrogen and oxygen atoms in total. The van der Waals surface area contributed by atoms with Gasteiger partial charge in [0.15, 0.2) is 16.8 Å². The summed E-state index contributed by atoms with van der Waals surface area (Å²) >= 11 is 1.46. The van der Waals surface area contributed by atoms with E-state index < -0.39 is 0 Å². The molecular formula is C20H21N3OS. The largest absolute Gasteiger partial charge is 0.302 e. The van der Waals surface area contributed by atoms with E-state index in [1.807, 2.05) is 68.4 Å². The molecule has 0 N–H and O–H groups in total. The summed E-state index contributed by atoms with van der Waals surface area (Å²) in [6, 6.07) is 17.7. The van der Waals surface area contributed by atoms with Gasteiger partial charge < -0.3 is 4.57 Å². The molecule has 3 aromatic rings. The molecule has 0 aliphatic carbocycles. The van der Waals surface area contributed by atoms with Crippen molar-refractivity contribution in [1.82, 2.24) is 14.8 Å². The normalized spacial score (nSPS) is 12.1. The average Bonchev–Trinajstić information content (AvgIpc) is 3.05. The second kappa shape index (κ2) is 7.66. The second-order valence-electron chi connectivity index (χ2n) is 5.91. The van der Waals surface area contributed by atoms with Crippen molar-refractivity contribution in [2.24, 2.45) is 0 Å². The van der Waals surface area contributed by atoms with Crippen molar-refractivity contribution in [3.05, 3.63) is 65.7 Å². The predicted octanol–water partition coefficient (Wildman–Crippen LogP) is 4.64. The molecule has 0 fully saturated rings. The minimum atomic E-state index is -0.221. The molecule has 1 aromatic heterocycles. The summed E-state index contributed by atoms with van der Waals surface area (Å²) in [6.45, 7) is 6.75. The first-order valence-corrected chi connectivity index (χ1v) is 9.24. The highest BCUT2D eigenvalue weighted by atomic mass is 32.2. The van der Waals surface area contributed by atoms with Crippen LogP contribution in [0, 0.1) is 6.92 Å². The maximum absolute atomic E-state index is 12.7. The molecule has 0 amide bonds. The molecule has 5 heteroatoms. The topological polar surface area (TPSA) is 47.8 Å². The van der Waals surface area contributed by atoms with Gasteiger partial charge in [-0.25, -0.2) is 0 Å². The van der Waals surface area contributed by atoms with Crippen molar-refractivity contribution in [2.75, 3.05) is 0 Å². The Kier molecular flexibility index (Phi) is 5.34. The smallest absolute Gasteiger partial charge is 0.192 e. The molecule has 0 radical (unpaired) electrons. The van der Waals surface area contributed by atoms with Crippen LogP contribution < -0.4 is 0 Å². The average molecular weight is 351 g/mol. The van der Waals surface area contributed by atoms with Crippen molar-refractivity contribution in [1.29, 1.82) is 0 Å². The molecule has 0 aliphatic rings. The molecule has 25 heavy (non-hydrogen) atoms. The quantitative estimate of drug-likeness (QED) is 0.479. The summed E-state index contributed by atoms with van der Waals surface area (Å²) < 4.78 is 2.05. The van der Waals surface area contributed by atoms with E-state index in [0.717, 1.165) is 34.2 Å². The minimum Gasteiger partial charge on any atom is -0.302 e. The Morgan fingerprint density at radius 2 is 1.76 bits per heavy atom. The Balaban J connectivity index is 1.82. The fraction of sp³-hybridized carbons (Fsp3) is 0.250. The van der Waals surface area contributed by atoms with Crippen LogP contribution in [0.1, 0.15) is 29.8 Å². The van der Waals surface area contributed by atoms with Gasteiger partial charge in [-0.1, -0.05) is 71.9 Å². The van der Waals surface area contributed by atoms with Gasteiger partial charge in [-0.15, -0.1) is 10.2 Å². The number of hydrogen-bond donors (Lipinski definition) is 0. The van der Waals surface area contributed by atoms with Crippen molar-refractivity contribution in [2.45, 2.75) is 37.7 Å². The fourth-order valence-corrected chi connectivity index (χ4v) is 3.62. The van der Waals surface area contributed by atoms with Crippen molar-refractivity contribution in [3.63, 3.8) is 0 Å². The van der Waals surface area contributed by atoms with Crippen LogP contribution in [0.3, 0.4) is 0 Å². The van der Waals surface area contributed by atoms with Crippen LogP contribution in [-0.4, -0.2) is 25.8 Å². The number of aromatic nitrogens is 3. The zero-order valence-corrected chi connectivity index (χ0v) is 15.5. The van der Waals surface area contributed by atoms with Crippen molar-refractivity contribution in [3.8, 4) is 11.4 Å². The molecular weight excluding hydrogens is 330 g/mol. The molecule has 128 valence electrons. The number of hydrogen-bond acceptors (Lipinski definition) is 4. The monoisotopic (exact) mass is 351 g/mol. The third kappa shape index (κ3) is 3.82. The summed E-state index contributed by atoms with van der Waals surface area (Å²) in [5.74, 6) is 0.942. The number of carbonyl (C=O) groups excluding carboxylic acids is 1. The summed E-state index contributed by atoms with van der Waals surface area (Å²) in [4.78, 5) is 12.7. The van der Waals surface area contributed by atoms with Gasteiger partial charge in [0.05, 0.1) is 5.25 Å². The Labute approximate surface area is 152 Å². The lowest BCUT2D eigenvalue weighted by atomic mass is 10.1. The molecule has 0 saturated carbocycles. The van der Waals surface area contributed by atoms with Gasteiger partial charge in [0.2, 0.25) is 0 Å². The van der Waals surface area contributed by atoms with E-state index in [9.17, 15) is 4.79 Å². The van der Waals surface area contributed by atoms with E-state index in [1.165, 1.54) is 11.8 Å². The highest BCUT2D eigenvalue weighted by Gasteiger charge is 2.21. The van der Waals surface area contributed by atoms with E-state index >= 15 is 0 Å². The number of aryl methyl sites for hydroxylation is 1. The van der Waals surface area contributed by atoms with Gasteiger partial charge >= 0.3 is 0 Å². The lowest BCUT2D eigenvalue weighted by Gasteiger charge is -2.12. The Morgan fingerprint density at radius 1 is 1.08 bits per heavy atom. The summed E-state index contributed by atoms with van der Waals surface area (Å²) in [7, 11) is 0. The van der Waals surface area contributed by atoms with Crippen LogP contribution in [0.2, 0.25) is 0 Å². The van der Waals surface area contributed by atoms with Crippen LogP contribution in [0.5, 0.6) is 0 Å². The van der Waals surface area contributed by atoms with Crippen molar-refractivity contribution >= 4 is 17.5 Å². The molecule has 0 spiro atoms. The minimum absolute atomic E-state index is 0.108. The second-order valence-corrected chi connectivity index (χ2v) is 7.21. The SMILES string of the molecule is CCn1c(SC(C)C(=O)c2ccc(C)cc2)nnc1-c1ccccc1. The fourth-order valence-electron chi connectivity index (χ4n) is 2.63. The zero-order valence-electron chi connectivity index (χ0n) is 14.6. The lowest BCUT2D eigenvalue weighted by Crippen LogP contribution is -2.14. The maximum atomic E-state index is 12.7. The van der Waals surface area contributed by atoms with E-state index in [4.69, 9.17) is 0 Å². The van der Waals surface area contributed by atoms with Crippen LogP contribution in [0.15, 0.2) is 59.8 Å². The van der Waals surface area contributed by atoms with Crippen molar-refractivity contribution < 1.29 is 4.79 Å². The van der Waals surface area contributed by atoms with Crippen LogP contribution >= 0.6 is 11.8 Å². The molecule has 1 unspecified atom stereocenters. The molecule has 0 saturated heterocycles. The van der Waals surface area contributed by atoms with Crippen LogP contribution in [-0.2, 0) is 6.54 Å². The maximum Gasteiger partial charge on any atom is 0.192 e. The van der Waals surface area contributed by atoms with Gasteiger partial charge in [0.25, 0.3) is 0 Å². The van der Waals surface area contributed by atoms with Crippen LogP contribution in [0.25, 0.3) is 11.4 Å². The highest BCUT2D eigenvalue weighted by molar-refractivity contribution is 8.00. The Hall–Kier alpha value is -2.40. The number of ketones is 1. The number of carbonyl (C=O) groups is 1. The summed E-state index contributed by atoms with van der Waals surface area (Å²) in [5, 5.41) is 9.20. The highest BCUT2D eigenvalue weighted by Crippen LogP contribution is 2.28. The molecule has 0 bridgehead atoms. The zero-order chi connectivity index (χ0) is 17.8. The number of rotatable bonds is 6. The van der Waals surface area contributed by atoms with Gasteiger partial charge in [-0.05, 0) is 20.8 Å². The number of benzene rings is 2.